The maximum Gasteiger partial charge on any atom is 0.170 e. The number of fused-ring (bicyclic) bond motifs is 6. The molecule has 0 bridgehead atoms. The van der Waals surface area contributed by atoms with Crippen molar-refractivity contribution in [2.75, 3.05) is 4.90 Å². The van der Waals surface area contributed by atoms with E-state index in [1.165, 1.54) is 22.4 Å². The molecule has 0 saturated heterocycles. The summed E-state index contributed by atoms with van der Waals surface area (Å²) in [6.07, 6.45) is 6.59. The highest BCUT2D eigenvalue weighted by Gasteiger charge is 2.39. The summed E-state index contributed by atoms with van der Waals surface area (Å²) >= 11 is 0. The van der Waals surface area contributed by atoms with Crippen LogP contribution >= 0.6 is 0 Å². The molecule has 1 aliphatic carbocycles. The molecule has 0 amide bonds. The minimum atomic E-state index is -0.466. The van der Waals surface area contributed by atoms with Crippen LogP contribution in [0.5, 0.6) is 0 Å². The lowest BCUT2D eigenvalue weighted by molar-refractivity contribution is 0.662. The van der Waals surface area contributed by atoms with Crippen molar-refractivity contribution in [1.29, 1.82) is 0 Å². The first-order valence-electron chi connectivity index (χ1n) is 17.1. The van der Waals surface area contributed by atoms with Gasteiger partial charge < -0.3 is 14.6 Å². The maximum absolute atomic E-state index is 6.86. The van der Waals surface area contributed by atoms with Crippen molar-refractivity contribution >= 4 is 50.6 Å². The van der Waals surface area contributed by atoms with Crippen molar-refractivity contribution in [1.82, 2.24) is 5.32 Å². The first-order chi connectivity index (χ1) is 24.8. The molecule has 2 unspecified atom stereocenters. The number of hydrogen-bond donors (Lipinski definition) is 1. The lowest BCUT2D eigenvalue weighted by Gasteiger charge is -2.30. The molecule has 2 atom stereocenters. The minimum absolute atomic E-state index is 0.103. The molecule has 0 fully saturated rings. The third-order valence-electron chi connectivity index (χ3n) is 10.1. The van der Waals surface area contributed by atoms with Crippen LogP contribution in [-0.4, -0.2) is 17.7 Å². The number of benzene rings is 6. The fraction of sp³-hybridized carbons (Fsp3) is 0.0667. The molecular weight excluding hydrogens is 613 g/mol. The fourth-order valence-electron chi connectivity index (χ4n) is 7.79. The molecule has 3 aliphatic rings. The van der Waals surface area contributed by atoms with Gasteiger partial charge in [-0.2, -0.15) is 0 Å². The third kappa shape index (κ3) is 4.62. The van der Waals surface area contributed by atoms with Crippen LogP contribution in [0.2, 0.25) is 0 Å². The van der Waals surface area contributed by atoms with Crippen LogP contribution in [0, 0.1) is 0 Å². The number of para-hydroxylation sites is 2. The topological polar surface area (TPSA) is 53.1 Å². The summed E-state index contributed by atoms with van der Waals surface area (Å²) in [5.41, 5.74) is 10.8. The minimum Gasteiger partial charge on any atom is -0.454 e. The van der Waals surface area contributed by atoms with Gasteiger partial charge in [-0.3, -0.25) is 0 Å². The number of nitrogens with zero attached hydrogens (tertiary/aromatic N) is 3. The van der Waals surface area contributed by atoms with Crippen molar-refractivity contribution < 1.29 is 4.42 Å². The van der Waals surface area contributed by atoms with Gasteiger partial charge in [0, 0.05) is 39.1 Å². The molecule has 1 aromatic heterocycles. The van der Waals surface area contributed by atoms with Gasteiger partial charge in [-0.25, -0.2) is 9.98 Å². The molecule has 3 heterocycles. The summed E-state index contributed by atoms with van der Waals surface area (Å²) in [5, 5.41) is 5.61. The van der Waals surface area contributed by atoms with E-state index < -0.39 is 6.17 Å². The molecule has 0 radical (unpaired) electrons. The summed E-state index contributed by atoms with van der Waals surface area (Å²) in [7, 11) is 0. The largest absolute Gasteiger partial charge is 0.454 e. The van der Waals surface area contributed by atoms with E-state index in [2.05, 4.69) is 144 Å². The first-order valence-corrected chi connectivity index (χ1v) is 17.1. The Bertz CT molecular complexity index is 2470. The van der Waals surface area contributed by atoms with Gasteiger partial charge >= 0.3 is 0 Å². The predicted molar refractivity (Wildman–Crippen MR) is 204 cm³/mol. The number of hydrogen-bond acceptors (Lipinski definition) is 5. The summed E-state index contributed by atoms with van der Waals surface area (Å²) in [5.74, 6) is 1.82. The number of amidine groups is 2. The van der Waals surface area contributed by atoms with Crippen LogP contribution < -0.4 is 10.2 Å². The van der Waals surface area contributed by atoms with Crippen LogP contribution in [0.25, 0.3) is 27.5 Å². The van der Waals surface area contributed by atoms with Gasteiger partial charge in [0.1, 0.15) is 17.3 Å². The summed E-state index contributed by atoms with van der Waals surface area (Å²) in [4.78, 5) is 12.9. The van der Waals surface area contributed by atoms with E-state index in [4.69, 9.17) is 14.4 Å². The highest BCUT2D eigenvalue weighted by molar-refractivity contribution is 6.16. The molecule has 1 N–H and O–H groups in total. The highest BCUT2D eigenvalue weighted by Crippen LogP contribution is 2.51. The highest BCUT2D eigenvalue weighted by atomic mass is 16.3. The predicted octanol–water partition coefficient (Wildman–Crippen LogP) is 10.3. The smallest absolute Gasteiger partial charge is 0.170 e. The Hall–Kier alpha value is -6.46. The number of aliphatic imine (C=N–C) groups is 2. The lowest BCUT2D eigenvalue weighted by atomic mass is 9.87. The van der Waals surface area contributed by atoms with E-state index in [0.717, 1.165) is 56.0 Å². The van der Waals surface area contributed by atoms with Crippen molar-refractivity contribution in [3.8, 4) is 0 Å². The molecule has 50 heavy (non-hydrogen) atoms. The molecule has 0 spiro atoms. The van der Waals surface area contributed by atoms with Gasteiger partial charge in [-0.05, 0) is 34.9 Å². The summed E-state index contributed by atoms with van der Waals surface area (Å²) in [6, 6.07) is 52.8. The summed E-state index contributed by atoms with van der Waals surface area (Å²) < 4.78 is 6.86. The van der Waals surface area contributed by atoms with Crippen LogP contribution in [0.3, 0.4) is 0 Å². The van der Waals surface area contributed by atoms with Gasteiger partial charge in [-0.1, -0.05) is 152 Å². The number of allylic oxidation sites excluding steroid dienone is 2. The Morgan fingerprint density at radius 2 is 1.16 bits per heavy atom. The first kappa shape index (κ1) is 28.5. The lowest BCUT2D eigenvalue weighted by Crippen LogP contribution is -2.36. The fourth-order valence-corrected chi connectivity index (χ4v) is 7.79. The molecule has 2 aliphatic heterocycles. The average molecular weight is 645 g/mol. The van der Waals surface area contributed by atoms with E-state index in [9.17, 15) is 0 Å². The molecule has 6 aromatic carbocycles. The van der Waals surface area contributed by atoms with Crippen molar-refractivity contribution in [3.05, 3.63) is 198 Å². The van der Waals surface area contributed by atoms with E-state index in [0.29, 0.717) is 0 Å². The second kappa shape index (κ2) is 11.6. The Labute approximate surface area is 290 Å². The normalized spacial score (nSPS) is 18.3. The summed E-state index contributed by atoms with van der Waals surface area (Å²) in [6.45, 7) is 0. The molecule has 0 saturated carbocycles. The number of anilines is 2. The maximum atomic E-state index is 6.86. The van der Waals surface area contributed by atoms with Gasteiger partial charge in [0.05, 0.1) is 11.7 Å². The SMILES string of the molecule is C1=CC2c3ccccc3N(c3cccc4c3oc3cccc(C5N=C(c6ccccc6)NC(c6ccccc6)=N5)c34)C2C=C1c1ccccc1. The molecule has 5 heteroatoms. The van der Waals surface area contributed by atoms with Crippen LogP contribution in [0.15, 0.2) is 184 Å². The van der Waals surface area contributed by atoms with Crippen molar-refractivity contribution in [2.24, 2.45) is 9.98 Å². The van der Waals surface area contributed by atoms with Crippen LogP contribution in [0.1, 0.15) is 39.9 Å². The Balaban J connectivity index is 1.14. The van der Waals surface area contributed by atoms with Crippen LogP contribution in [-0.2, 0) is 0 Å². The standard InChI is InChI=1S/C45H32N4O/c1-4-14-29(15-5-1)32-26-27-34-33-20-10-11-23-37(33)49(39(34)28-32)38-24-12-21-35-41-36(22-13-25-40(41)50-42(35)38)45-47-43(30-16-6-2-7-17-30)46-44(48-45)31-18-8-3-9-19-31/h1-28,34,39,45H,(H,46,47,48). The van der Waals surface area contributed by atoms with Crippen molar-refractivity contribution in [2.45, 2.75) is 18.1 Å². The molecule has 7 aromatic rings. The third-order valence-corrected chi connectivity index (χ3v) is 10.1. The monoisotopic (exact) mass is 644 g/mol. The van der Waals surface area contributed by atoms with E-state index in [-0.39, 0.29) is 12.0 Å². The van der Waals surface area contributed by atoms with Gasteiger partial charge in [0.25, 0.3) is 0 Å². The van der Waals surface area contributed by atoms with Gasteiger partial charge in [0.15, 0.2) is 11.7 Å². The molecule has 238 valence electrons. The zero-order valence-electron chi connectivity index (χ0n) is 27.1. The Kier molecular flexibility index (Phi) is 6.62. The number of rotatable bonds is 5. The Morgan fingerprint density at radius 3 is 1.88 bits per heavy atom. The average Bonchev–Trinajstić information content (AvgIpc) is 3.74. The van der Waals surface area contributed by atoms with E-state index >= 15 is 0 Å². The van der Waals surface area contributed by atoms with Crippen molar-refractivity contribution in [3.63, 3.8) is 0 Å². The number of nitrogens with one attached hydrogen (secondary N) is 1. The van der Waals surface area contributed by atoms with E-state index in [1.807, 2.05) is 36.4 Å². The van der Waals surface area contributed by atoms with E-state index in [1.54, 1.807) is 0 Å². The zero-order chi connectivity index (χ0) is 33.0. The molecular formula is C45H32N4O. The zero-order valence-corrected chi connectivity index (χ0v) is 27.1. The Morgan fingerprint density at radius 1 is 0.560 bits per heavy atom. The van der Waals surface area contributed by atoms with Gasteiger partial charge in [-0.15, -0.1) is 0 Å². The van der Waals surface area contributed by atoms with Crippen LogP contribution in [0.4, 0.5) is 11.4 Å². The second-order valence-electron chi connectivity index (χ2n) is 13.0. The van der Waals surface area contributed by atoms with Gasteiger partial charge in [0.2, 0.25) is 0 Å². The molecule has 5 nitrogen and oxygen atoms in total. The quantitative estimate of drug-likeness (QED) is 0.203. The second-order valence-corrected chi connectivity index (χ2v) is 13.0. The number of furan rings is 1. The molecule has 10 rings (SSSR count).